The van der Waals surface area contributed by atoms with E-state index in [-0.39, 0.29) is 25.0 Å². The van der Waals surface area contributed by atoms with E-state index < -0.39 is 0 Å². The first-order chi connectivity index (χ1) is 13.2. The van der Waals surface area contributed by atoms with Crippen molar-refractivity contribution in [3.8, 4) is 11.8 Å². The minimum atomic E-state index is -0.324. The summed E-state index contributed by atoms with van der Waals surface area (Å²) in [6, 6.07) is 14.8. The second-order valence-corrected chi connectivity index (χ2v) is 6.95. The second-order valence-electron chi connectivity index (χ2n) is 6.04. The van der Waals surface area contributed by atoms with Crippen molar-refractivity contribution in [1.82, 2.24) is 14.8 Å². The van der Waals surface area contributed by atoms with Crippen LogP contribution >= 0.6 is 15.9 Å². The van der Waals surface area contributed by atoms with Crippen LogP contribution in [-0.2, 0) is 11.4 Å². The van der Waals surface area contributed by atoms with Crippen molar-refractivity contribution in [2.45, 2.75) is 19.1 Å². The monoisotopic (exact) mass is 423 g/mol. The van der Waals surface area contributed by atoms with Crippen molar-refractivity contribution in [3.63, 3.8) is 0 Å². The third-order valence-electron chi connectivity index (χ3n) is 4.35. The minimum absolute atomic E-state index is 0.124. The Labute approximate surface area is 163 Å². The van der Waals surface area contributed by atoms with Crippen LogP contribution in [0.1, 0.15) is 29.2 Å². The van der Waals surface area contributed by atoms with Crippen LogP contribution in [0.5, 0.6) is 5.75 Å². The first-order valence-electron chi connectivity index (χ1n) is 8.25. The van der Waals surface area contributed by atoms with Gasteiger partial charge in [0.15, 0.2) is 0 Å². The fourth-order valence-corrected chi connectivity index (χ4v) is 3.45. The van der Waals surface area contributed by atoms with Crippen LogP contribution in [0.2, 0.25) is 0 Å². The number of nitriles is 1. The number of nitrogens with one attached hydrogen (secondary N) is 1. The Bertz CT molecular complexity index is 1060. The molecule has 1 atom stereocenters. The molecule has 27 heavy (non-hydrogen) atoms. The van der Waals surface area contributed by atoms with Gasteiger partial charge in [0.05, 0.1) is 24.1 Å². The molecule has 0 unspecified atom stereocenters. The number of ether oxygens (including phenoxy) is 1. The number of nitrogens with zero attached hydrogens (tertiary/aromatic N) is 4. The van der Waals surface area contributed by atoms with E-state index in [1.54, 1.807) is 10.7 Å². The van der Waals surface area contributed by atoms with Gasteiger partial charge in [-0.3, -0.25) is 10.1 Å². The lowest BCUT2D eigenvalue weighted by Crippen LogP contribution is -2.29. The predicted molar refractivity (Wildman–Crippen MR) is 101 cm³/mol. The largest absolute Gasteiger partial charge is 0.488 e. The Hall–Kier alpha value is -3.18. The van der Waals surface area contributed by atoms with Crippen molar-refractivity contribution < 1.29 is 9.53 Å². The van der Waals surface area contributed by atoms with Crippen molar-refractivity contribution in [2.24, 2.45) is 0 Å². The number of benzene rings is 2. The van der Waals surface area contributed by atoms with Crippen molar-refractivity contribution >= 4 is 27.8 Å². The first kappa shape index (κ1) is 17.2. The number of aromatic nitrogens is 3. The lowest BCUT2D eigenvalue weighted by molar-refractivity contribution is -0.117. The zero-order valence-corrected chi connectivity index (χ0v) is 15.7. The molecule has 2 heterocycles. The van der Waals surface area contributed by atoms with Gasteiger partial charge in [0.2, 0.25) is 11.9 Å². The number of rotatable bonds is 4. The minimum Gasteiger partial charge on any atom is -0.488 e. The Balaban J connectivity index is 1.68. The van der Waals surface area contributed by atoms with Crippen LogP contribution in [0.3, 0.4) is 0 Å². The number of amides is 1. The number of anilines is 1. The average molecular weight is 424 g/mol. The molecule has 0 radical (unpaired) electrons. The molecule has 1 amide bonds. The number of hydrogen-bond donors (Lipinski definition) is 1. The van der Waals surface area contributed by atoms with Crippen LogP contribution in [0.15, 0.2) is 53.3 Å². The van der Waals surface area contributed by atoms with Crippen molar-refractivity contribution in [3.05, 3.63) is 70.0 Å². The normalized spacial score (nSPS) is 15.6. The van der Waals surface area contributed by atoms with E-state index in [0.29, 0.717) is 17.3 Å². The summed E-state index contributed by atoms with van der Waals surface area (Å²) in [5, 5.41) is 16.2. The van der Waals surface area contributed by atoms with Crippen LogP contribution in [0, 0.1) is 11.3 Å². The third-order valence-corrected chi connectivity index (χ3v) is 4.84. The molecule has 0 aliphatic carbocycles. The quantitative estimate of drug-likeness (QED) is 0.693. The van der Waals surface area contributed by atoms with E-state index in [1.165, 1.54) is 6.33 Å². The summed E-state index contributed by atoms with van der Waals surface area (Å²) in [6.07, 6.45) is 1.65. The highest BCUT2D eigenvalue weighted by molar-refractivity contribution is 9.10. The van der Waals surface area contributed by atoms with Crippen LogP contribution in [0.4, 0.5) is 5.95 Å². The summed E-state index contributed by atoms with van der Waals surface area (Å²) in [7, 11) is 0. The highest BCUT2D eigenvalue weighted by Gasteiger charge is 2.30. The number of fused-ring (bicyclic) bond motifs is 1. The predicted octanol–water partition coefficient (Wildman–Crippen LogP) is 3.42. The molecule has 3 aromatic rings. The maximum absolute atomic E-state index is 12.1. The third kappa shape index (κ3) is 3.41. The molecular formula is C19H14BrN5O2. The SMILES string of the molecule is N#Cc1ccccc1COc1ccc(Br)cc1[C@@H]1CC(=O)Nc2ncnn21. The Kier molecular flexibility index (Phi) is 4.60. The summed E-state index contributed by atoms with van der Waals surface area (Å²) < 4.78 is 8.59. The molecule has 0 fully saturated rings. The molecule has 4 rings (SSSR count). The molecule has 0 spiro atoms. The number of carbonyl (C=O) groups is 1. The lowest BCUT2D eigenvalue weighted by Gasteiger charge is -2.25. The fourth-order valence-electron chi connectivity index (χ4n) is 3.07. The molecular weight excluding hydrogens is 410 g/mol. The standard InChI is InChI=1S/C19H14BrN5O2/c20-14-5-6-17(27-10-13-4-2-1-3-12(13)9-21)15(7-14)16-8-18(26)24-19-22-11-23-25(16)19/h1-7,11,16H,8,10H2,(H,22,23,24,26)/t16-/m0/s1. The van der Waals surface area contributed by atoms with Gasteiger partial charge in [0, 0.05) is 15.6 Å². The van der Waals surface area contributed by atoms with Crippen molar-refractivity contribution in [2.75, 3.05) is 5.32 Å². The topological polar surface area (TPSA) is 92.8 Å². The van der Waals surface area contributed by atoms with Crippen LogP contribution in [0.25, 0.3) is 0 Å². The lowest BCUT2D eigenvalue weighted by atomic mass is 10.0. The molecule has 2 aromatic carbocycles. The van der Waals surface area contributed by atoms with Gasteiger partial charge in [-0.05, 0) is 24.3 Å². The second kappa shape index (κ2) is 7.21. The molecule has 1 aliphatic rings. The van der Waals surface area contributed by atoms with Gasteiger partial charge in [-0.15, -0.1) is 0 Å². The van der Waals surface area contributed by atoms with E-state index in [9.17, 15) is 10.1 Å². The van der Waals surface area contributed by atoms with Gasteiger partial charge in [0.25, 0.3) is 0 Å². The van der Waals surface area contributed by atoms with Crippen molar-refractivity contribution in [1.29, 1.82) is 5.26 Å². The highest BCUT2D eigenvalue weighted by atomic mass is 79.9. The smallest absolute Gasteiger partial charge is 0.229 e. The molecule has 7 nitrogen and oxygen atoms in total. The summed E-state index contributed by atoms with van der Waals surface area (Å²) in [4.78, 5) is 16.2. The molecule has 0 saturated heterocycles. The van der Waals surface area contributed by atoms with E-state index in [1.807, 2.05) is 36.4 Å². The zero-order valence-electron chi connectivity index (χ0n) is 14.1. The molecule has 1 aromatic heterocycles. The van der Waals surface area contributed by atoms with E-state index in [0.717, 1.165) is 15.6 Å². The Morgan fingerprint density at radius 2 is 2.19 bits per heavy atom. The summed E-state index contributed by atoms with van der Waals surface area (Å²) >= 11 is 3.48. The molecule has 0 bridgehead atoms. The number of halogens is 1. The van der Waals surface area contributed by atoms with E-state index in [2.05, 4.69) is 37.4 Å². The van der Waals surface area contributed by atoms with Gasteiger partial charge < -0.3 is 4.74 Å². The Morgan fingerprint density at radius 3 is 3.04 bits per heavy atom. The first-order valence-corrected chi connectivity index (χ1v) is 9.04. The number of hydrogen-bond acceptors (Lipinski definition) is 5. The van der Waals surface area contributed by atoms with Crippen LogP contribution < -0.4 is 10.1 Å². The fraction of sp³-hybridized carbons (Fsp3) is 0.158. The number of carbonyl (C=O) groups excluding carboxylic acids is 1. The van der Waals surface area contributed by atoms with E-state index >= 15 is 0 Å². The van der Waals surface area contributed by atoms with Gasteiger partial charge in [0.1, 0.15) is 18.7 Å². The van der Waals surface area contributed by atoms with Gasteiger partial charge in [-0.1, -0.05) is 34.1 Å². The summed E-state index contributed by atoms with van der Waals surface area (Å²) in [5.74, 6) is 0.922. The molecule has 0 saturated carbocycles. The molecule has 8 heteroatoms. The Morgan fingerprint density at radius 1 is 1.33 bits per heavy atom. The molecule has 134 valence electrons. The maximum atomic E-state index is 12.1. The summed E-state index contributed by atoms with van der Waals surface area (Å²) in [5.41, 5.74) is 2.20. The molecule has 1 aliphatic heterocycles. The van der Waals surface area contributed by atoms with Gasteiger partial charge >= 0.3 is 0 Å². The summed E-state index contributed by atoms with van der Waals surface area (Å²) in [6.45, 7) is 0.251. The highest BCUT2D eigenvalue weighted by Crippen LogP contribution is 2.36. The zero-order chi connectivity index (χ0) is 18.8. The van der Waals surface area contributed by atoms with Gasteiger partial charge in [-0.2, -0.15) is 15.3 Å². The average Bonchev–Trinajstić information content (AvgIpc) is 3.15. The van der Waals surface area contributed by atoms with E-state index in [4.69, 9.17) is 4.74 Å². The van der Waals surface area contributed by atoms with Gasteiger partial charge in [-0.25, -0.2) is 4.68 Å². The molecule has 1 N–H and O–H groups in total. The van der Waals surface area contributed by atoms with Crippen LogP contribution in [-0.4, -0.2) is 20.7 Å². The maximum Gasteiger partial charge on any atom is 0.229 e.